The fourth-order valence-electron chi connectivity index (χ4n) is 4.55. The van der Waals surface area contributed by atoms with Crippen molar-refractivity contribution in [2.45, 2.75) is 63.9 Å². The Kier molecular flexibility index (Phi) is 7.74. The summed E-state index contributed by atoms with van der Waals surface area (Å²) in [6, 6.07) is -2.07. The first-order valence-corrected chi connectivity index (χ1v) is 11.8. The van der Waals surface area contributed by atoms with E-state index in [0.717, 1.165) is 6.42 Å². The first-order chi connectivity index (χ1) is 17.3. The molecule has 0 saturated carbocycles. The molecule has 2 saturated heterocycles. The van der Waals surface area contributed by atoms with E-state index in [9.17, 15) is 24.3 Å². The minimum Gasteiger partial charge on any atom is -0.481 e. The Morgan fingerprint density at radius 1 is 1.31 bits per heavy atom. The molecule has 1 amide bonds. The molecule has 0 aromatic carbocycles. The Labute approximate surface area is 206 Å². The van der Waals surface area contributed by atoms with Crippen LogP contribution in [0.4, 0.5) is 5.82 Å². The summed E-state index contributed by atoms with van der Waals surface area (Å²) in [5.41, 5.74) is 0.514. The van der Waals surface area contributed by atoms with Crippen LogP contribution in [0.5, 0.6) is 0 Å². The number of carbonyl (C=O) groups excluding carboxylic acids is 2. The topological polar surface area (TPSA) is 182 Å². The number of ether oxygens (including phenoxy) is 1. The number of carboxylic acid groups (broad SMARTS) is 1. The average Bonchev–Trinajstić information content (AvgIpc) is 3.56. The number of aryl methyl sites for hydroxylation is 1. The largest absolute Gasteiger partial charge is 0.481 e. The van der Waals surface area contributed by atoms with E-state index in [4.69, 9.17) is 4.74 Å². The summed E-state index contributed by atoms with van der Waals surface area (Å²) in [5.74, 6) is -2.23. The molecule has 4 rings (SSSR count). The van der Waals surface area contributed by atoms with Crippen molar-refractivity contribution in [1.82, 2.24) is 30.1 Å². The molecule has 2 fully saturated rings. The number of carbonyl (C=O) groups is 3. The first-order valence-electron chi connectivity index (χ1n) is 11.8. The number of anilines is 1. The van der Waals surface area contributed by atoms with Crippen molar-refractivity contribution in [2.24, 2.45) is 0 Å². The van der Waals surface area contributed by atoms with Gasteiger partial charge in [-0.3, -0.25) is 28.6 Å². The number of carboxylic acids is 1. The number of hydrogen-bond donors (Lipinski definition) is 3. The van der Waals surface area contributed by atoms with E-state index in [2.05, 4.69) is 30.6 Å². The average molecular weight is 504 g/mol. The molecule has 3 N–H and O–H groups in total. The van der Waals surface area contributed by atoms with Gasteiger partial charge in [0.15, 0.2) is 11.6 Å². The SMILES string of the molecule is CC[C@@H](C(=O)NC(CC(=O)O)C(=O)CN1CC2CC1CO2)n1ccnc(NCc2nonc2C)c1=O. The van der Waals surface area contributed by atoms with Gasteiger partial charge in [0.1, 0.15) is 17.4 Å². The van der Waals surface area contributed by atoms with Gasteiger partial charge in [0.2, 0.25) is 5.91 Å². The van der Waals surface area contributed by atoms with Gasteiger partial charge in [-0.1, -0.05) is 17.2 Å². The number of Topliss-reactive ketones (excluding diaryl/α,β-unsaturated/α-hetero) is 1. The maximum Gasteiger partial charge on any atom is 0.305 e. The van der Waals surface area contributed by atoms with Crippen LogP contribution in [0.1, 0.15) is 43.6 Å². The zero-order chi connectivity index (χ0) is 25.8. The van der Waals surface area contributed by atoms with E-state index in [1.54, 1.807) is 13.8 Å². The highest BCUT2D eigenvalue weighted by Crippen LogP contribution is 2.27. The van der Waals surface area contributed by atoms with E-state index >= 15 is 0 Å². The molecule has 36 heavy (non-hydrogen) atoms. The van der Waals surface area contributed by atoms with Crippen LogP contribution in [0.3, 0.4) is 0 Å². The molecule has 2 aromatic heterocycles. The summed E-state index contributed by atoms with van der Waals surface area (Å²) in [5, 5.41) is 22.2. The van der Waals surface area contributed by atoms with Gasteiger partial charge >= 0.3 is 5.97 Å². The Bertz CT molecular complexity index is 1180. The van der Waals surface area contributed by atoms with Crippen molar-refractivity contribution < 1.29 is 28.9 Å². The molecule has 2 bridgehead atoms. The highest BCUT2D eigenvalue weighted by Gasteiger charge is 2.40. The zero-order valence-electron chi connectivity index (χ0n) is 20.0. The van der Waals surface area contributed by atoms with Crippen LogP contribution in [-0.2, 0) is 25.7 Å². The normalized spacial score (nSPS) is 20.7. The maximum atomic E-state index is 13.2. The van der Waals surface area contributed by atoms with Crippen LogP contribution < -0.4 is 16.2 Å². The van der Waals surface area contributed by atoms with Crippen LogP contribution >= 0.6 is 0 Å². The lowest BCUT2D eigenvalue weighted by molar-refractivity contribution is -0.140. The second-order valence-corrected chi connectivity index (χ2v) is 8.96. The number of morpholine rings is 1. The van der Waals surface area contributed by atoms with Gasteiger partial charge in [0.25, 0.3) is 5.56 Å². The number of amides is 1. The number of aromatic nitrogens is 4. The molecular formula is C22H29N7O7. The number of likely N-dealkylation sites (tertiary alicyclic amines) is 1. The summed E-state index contributed by atoms with van der Waals surface area (Å²) in [4.78, 5) is 56.6. The van der Waals surface area contributed by atoms with Crippen LogP contribution in [0.25, 0.3) is 0 Å². The molecule has 194 valence electrons. The van der Waals surface area contributed by atoms with E-state index in [-0.39, 0.29) is 37.5 Å². The van der Waals surface area contributed by atoms with Crippen LogP contribution in [-0.4, -0.2) is 85.4 Å². The van der Waals surface area contributed by atoms with Gasteiger partial charge in [-0.15, -0.1) is 0 Å². The lowest BCUT2D eigenvalue weighted by atomic mass is 10.1. The lowest BCUT2D eigenvalue weighted by Crippen LogP contribution is -2.50. The third-order valence-corrected chi connectivity index (χ3v) is 6.52. The molecule has 14 heteroatoms. The molecule has 14 nitrogen and oxygen atoms in total. The minimum absolute atomic E-state index is 0.00406. The second kappa shape index (κ2) is 11.0. The fourth-order valence-corrected chi connectivity index (χ4v) is 4.55. The van der Waals surface area contributed by atoms with Gasteiger partial charge in [0.05, 0.1) is 38.3 Å². The van der Waals surface area contributed by atoms with Gasteiger partial charge in [0, 0.05) is 25.0 Å². The molecule has 3 unspecified atom stereocenters. The Morgan fingerprint density at radius 3 is 2.72 bits per heavy atom. The number of rotatable bonds is 12. The van der Waals surface area contributed by atoms with Crippen LogP contribution in [0.2, 0.25) is 0 Å². The number of aliphatic carboxylic acids is 1. The maximum absolute atomic E-state index is 13.2. The molecular weight excluding hydrogens is 474 g/mol. The van der Waals surface area contributed by atoms with Gasteiger partial charge < -0.3 is 20.5 Å². The summed E-state index contributed by atoms with van der Waals surface area (Å²) >= 11 is 0. The van der Waals surface area contributed by atoms with Crippen molar-refractivity contribution >= 4 is 23.5 Å². The molecule has 4 atom stereocenters. The molecule has 2 aliphatic rings. The zero-order valence-corrected chi connectivity index (χ0v) is 20.0. The molecule has 0 spiro atoms. The summed E-state index contributed by atoms with van der Waals surface area (Å²) in [7, 11) is 0. The van der Waals surface area contributed by atoms with Crippen molar-refractivity contribution in [1.29, 1.82) is 0 Å². The monoisotopic (exact) mass is 503 g/mol. The number of ketones is 1. The Hall–Kier alpha value is -3.65. The highest BCUT2D eigenvalue weighted by molar-refractivity contribution is 5.94. The first kappa shape index (κ1) is 25.4. The van der Waals surface area contributed by atoms with Crippen molar-refractivity contribution in [3.63, 3.8) is 0 Å². The Morgan fingerprint density at radius 2 is 2.11 bits per heavy atom. The fraction of sp³-hybridized carbons (Fsp3) is 0.591. The van der Waals surface area contributed by atoms with E-state index in [1.165, 1.54) is 17.0 Å². The summed E-state index contributed by atoms with van der Waals surface area (Å²) < 4.78 is 11.4. The van der Waals surface area contributed by atoms with Crippen molar-refractivity contribution in [2.75, 3.05) is 25.0 Å². The van der Waals surface area contributed by atoms with Gasteiger partial charge in [-0.25, -0.2) is 9.61 Å². The van der Waals surface area contributed by atoms with Crippen molar-refractivity contribution in [3.05, 3.63) is 34.1 Å². The minimum atomic E-state index is -1.22. The van der Waals surface area contributed by atoms with E-state index < -0.39 is 41.7 Å². The van der Waals surface area contributed by atoms with E-state index in [1.807, 2.05) is 4.90 Å². The molecule has 0 aliphatic carbocycles. The molecule has 2 aliphatic heterocycles. The molecule has 0 radical (unpaired) electrons. The third kappa shape index (κ3) is 5.60. The predicted molar refractivity (Wildman–Crippen MR) is 123 cm³/mol. The van der Waals surface area contributed by atoms with Gasteiger partial charge in [-0.05, 0) is 19.8 Å². The number of hydrogen-bond acceptors (Lipinski definition) is 11. The lowest BCUT2D eigenvalue weighted by Gasteiger charge is -2.28. The third-order valence-electron chi connectivity index (χ3n) is 6.52. The number of nitrogens with one attached hydrogen (secondary N) is 2. The van der Waals surface area contributed by atoms with Crippen molar-refractivity contribution in [3.8, 4) is 0 Å². The Balaban J connectivity index is 1.45. The van der Waals surface area contributed by atoms with E-state index in [0.29, 0.717) is 24.5 Å². The standard InChI is InChI=1S/C22H29N7O7/c1-3-17(29-5-4-23-20(22(29)34)24-8-16-12(2)26-36-27-16)21(33)25-15(7-19(31)32)18(30)10-28-9-14-6-13(28)11-35-14/h4-5,13-15,17H,3,6-11H2,1-2H3,(H,23,24)(H,25,33)(H,31,32)/t13?,14?,15?,17-/m0/s1. The quantitative estimate of drug-likeness (QED) is 0.338. The highest BCUT2D eigenvalue weighted by atomic mass is 16.6. The smallest absolute Gasteiger partial charge is 0.305 e. The number of fused-ring (bicyclic) bond motifs is 2. The van der Waals surface area contributed by atoms with Crippen LogP contribution in [0.15, 0.2) is 21.8 Å². The predicted octanol–water partition coefficient (Wildman–Crippen LogP) is -0.500. The molecule has 2 aromatic rings. The van der Waals surface area contributed by atoms with Crippen LogP contribution in [0, 0.1) is 6.92 Å². The van der Waals surface area contributed by atoms with Gasteiger partial charge in [-0.2, -0.15) is 0 Å². The second-order valence-electron chi connectivity index (χ2n) is 8.96. The molecule has 4 heterocycles. The summed E-state index contributed by atoms with van der Waals surface area (Å²) in [6.45, 7) is 4.73. The summed E-state index contributed by atoms with van der Waals surface area (Å²) in [6.07, 6.45) is 3.35. The number of nitrogens with zero attached hydrogens (tertiary/aromatic N) is 5.